The van der Waals surface area contributed by atoms with Gasteiger partial charge in [0.25, 0.3) is 0 Å². The molecule has 0 amide bonds. The Morgan fingerprint density at radius 1 is 0.433 bits per heavy atom. The lowest BCUT2D eigenvalue weighted by Gasteiger charge is -1.98. The molecule has 2 nitrogen and oxygen atoms in total. The summed E-state index contributed by atoms with van der Waals surface area (Å²) in [6, 6.07) is 24.5. The predicted octanol–water partition coefficient (Wildman–Crippen LogP) is 8.88. The van der Waals surface area contributed by atoms with E-state index >= 15 is 0 Å². The van der Waals surface area contributed by atoms with Gasteiger partial charge in [-0.25, -0.2) is 0 Å². The third kappa shape index (κ3) is 10.5. The van der Waals surface area contributed by atoms with Crippen molar-refractivity contribution in [3.8, 4) is 0 Å². The Kier molecular flexibility index (Phi) is 15.2. The molecule has 30 heavy (non-hydrogen) atoms. The van der Waals surface area contributed by atoms with Crippen molar-refractivity contribution in [2.24, 2.45) is 9.98 Å². The van der Waals surface area contributed by atoms with E-state index in [1.807, 2.05) is 78.2 Å². The van der Waals surface area contributed by atoms with Gasteiger partial charge in [-0.2, -0.15) is 0 Å². The second-order valence-electron chi connectivity index (χ2n) is 5.85. The van der Waals surface area contributed by atoms with Gasteiger partial charge in [-0.05, 0) is 49.2 Å². The quantitative estimate of drug-likeness (QED) is 0.389. The largest absolute Gasteiger partial charge is 0.256 e. The second kappa shape index (κ2) is 16.9. The van der Waals surface area contributed by atoms with E-state index in [2.05, 4.69) is 72.4 Å². The first-order valence-corrected chi connectivity index (χ1v) is 11.0. The van der Waals surface area contributed by atoms with E-state index in [0.717, 1.165) is 22.5 Å². The third-order valence-electron chi connectivity index (χ3n) is 3.73. The van der Waals surface area contributed by atoms with Gasteiger partial charge in [0, 0.05) is 12.4 Å². The fourth-order valence-corrected chi connectivity index (χ4v) is 2.23. The molecule has 0 aliphatic rings. The Balaban J connectivity index is 0.00000129. The summed E-state index contributed by atoms with van der Waals surface area (Å²) in [4.78, 5) is 9.00. The molecule has 0 aliphatic carbocycles. The monoisotopic (exact) mass is 402 g/mol. The van der Waals surface area contributed by atoms with Crippen LogP contribution in [-0.2, 0) is 0 Å². The van der Waals surface area contributed by atoms with Crippen LogP contribution in [-0.4, -0.2) is 12.4 Å². The highest BCUT2D eigenvalue weighted by molar-refractivity contribution is 5.83. The van der Waals surface area contributed by atoms with Crippen LogP contribution in [0.5, 0.6) is 0 Å². The molecule has 0 saturated carbocycles. The summed E-state index contributed by atoms with van der Waals surface area (Å²) >= 11 is 0. The van der Waals surface area contributed by atoms with E-state index in [1.165, 1.54) is 11.1 Å². The standard InChI is InChI=1S/C22H20N2.3C2H6/c1-17-3-7-19(8-4-17)15-23-21-11-13-22(14-12-21)24-16-20-9-5-18(2)6-10-20;3*1-2/h3-16H,1-2H3;3*1-2H3. The van der Waals surface area contributed by atoms with Crippen molar-refractivity contribution in [1.82, 2.24) is 0 Å². The number of rotatable bonds is 4. The number of hydrogen-bond acceptors (Lipinski definition) is 2. The van der Waals surface area contributed by atoms with Gasteiger partial charge in [0.2, 0.25) is 0 Å². The van der Waals surface area contributed by atoms with Gasteiger partial charge in [0.15, 0.2) is 0 Å². The minimum Gasteiger partial charge on any atom is -0.256 e. The van der Waals surface area contributed by atoms with Gasteiger partial charge in [-0.3, -0.25) is 9.98 Å². The van der Waals surface area contributed by atoms with Crippen molar-refractivity contribution < 1.29 is 0 Å². The molecule has 0 aromatic heterocycles. The molecule has 0 bridgehead atoms. The summed E-state index contributed by atoms with van der Waals surface area (Å²) in [7, 11) is 0. The highest BCUT2D eigenvalue weighted by Crippen LogP contribution is 2.18. The Morgan fingerprint density at radius 2 is 0.700 bits per heavy atom. The van der Waals surface area contributed by atoms with Crippen molar-refractivity contribution in [2.75, 3.05) is 0 Å². The topological polar surface area (TPSA) is 24.7 Å². The van der Waals surface area contributed by atoms with E-state index < -0.39 is 0 Å². The zero-order valence-corrected chi connectivity index (χ0v) is 20.0. The maximum absolute atomic E-state index is 4.50. The van der Waals surface area contributed by atoms with E-state index in [4.69, 9.17) is 0 Å². The van der Waals surface area contributed by atoms with Gasteiger partial charge in [-0.1, -0.05) is 101 Å². The average Bonchev–Trinajstić information content (AvgIpc) is 2.83. The van der Waals surface area contributed by atoms with Crippen molar-refractivity contribution in [2.45, 2.75) is 55.4 Å². The second-order valence-corrected chi connectivity index (χ2v) is 5.85. The molecular weight excluding hydrogens is 364 g/mol. The van der Waals surface area contributed by atoms with Crippen LogP contribution in [0.25, 0.3) is 0 Å². The first-order valence-electron chi connectivity index (χ1n) is 11.0. The fraction of sp³-hybridized carbons (Fsp3) is 0.286. The van der Waals surface area contributed by atoms with Crippen molar-refractivity contribution in [3.05, 3.63) is 95.1 Å². The summed E-state index contributed by atoms with van der Waals surface area (Å²) in [5, 5.41) is 0. The van der Waals surface area contributed by atoms with Crippen molar-refractivity contribution in [1.29, 1.82) is 0 Å². The maximum Gasteiger partial charge on any atom is 0.0631 e. The van der Waals surface area contributed by atoms with E-state index in [9.17, 15) is 0 Å². The molecule has 2 heteroatoms. The van der Waals surface area contributed by atoms with Crippen LogP contribution in [0.3, 0.4) is 0 Å². The van der Waals surface area contributed by atoms with Crippen molar-refractivity contribution >= 4 is 23.8 Å². The van der Waals surface area contributed by atoms with Crippen LogP contribution in [0, 0.1) is 13.8 Å². The molecule has 0 atom stereocenters. The Morgan fingerprint density at radius 3 is 0.967 bits per heavy atom. The zero-order valence-electron chi connectivity index (χ0n) is 20.0. The highest BCUT2D eigenvalue weighted by Gasteiger charge is 1.93. The molecule has 3 aromatic rings. The van der Waals surface area contributed by atoms with Gasteiger partial charge < -0.3 is 0 Å². The van der Waals surface area contributed by atoms with Crippen LogP contribution in [0.2, 0.25) is 0 Å². The summed E-state index contributed by atoms with van der Waals surface area (Å²) in [5.41, 5.74) is 6.55. The molecule has 0 unspecified atom stereocenters. The van der Waals surface area contributed by atoms with Crippen LogP contribution >= 0.6 is 0 Å². The highest BCUT2D eigenvalue weighted by atomic mass is 14.7. The molecular formula is C28H38N2. The Hall–Kier alpha value is -3.00. The lowest BCUT2D eigenvalue weighted by Crippen LogP contribution is -1.81. The Bertz CT molecular complexity index is 766. The lowest BCUT2D eigenvalue weighted by atomic mass is 10.2. The molecule has 0 saturated heterocycles. The molecule has 0 heterocycles. The molecule has 0 radical (unpaired) electrons. The zero-order chi connectivity index (χ0) is 22.8. The number of aryl methyl sites for hydroxylation is 2. The van der Waals surface area contributed by atoms with Crippen LogP contribution < -0.4 is 0 Å². The van der Waals surface area contributed by atoms with E-state index in [-0.39, 0.29) is 0 Å². The summed E-state index contributed by atoms with van der Waals surface area (Å²) in [5.74, 6) is 0. The molecule has 160 valence electrons. The number of benzene rings is 3. The van der Waals surface area contributed by atoms with Gasteiger partial charge >= 0.3 is 0 Å². The summed E-state index contributed by atoms with van der Waals surface area (Å²) in [6.07, 6.45) is 3.76. The minimum atomic E-state index is 0.921. The van der Waals surface area contributed by atoms with Gasteiger partial charge in [0.1, 0.15) is 0 Å². The third-order valence-corrected chi connectivity index (χ3v) is 3.73. The SMILES string of the molecule is CC.CC.CC.Cc1ccc(C=Nc2ccc(N=Cc3ccc(C)cc3)cc2)cc1. The fourth-order valence-electron chi connectivity index (χ4n) is 2.23. The minimum absolute atomic E-state index is 0.921. The number of nitrogens with zero attached hydrogens (tertiary/aromatic N) is 2. The number of hydrogen-bond donors (Lipinski definition) is 0. The van der Waals surface area contributed by atoms with Crippen LogP contribution in [0.4, 0.5) is 11.4 Å². The summed E-state index contributed by atoms with van der Waals surface area (Å²) in [6.45, 7) is 16.2. The predicted molar refractivity (Wildman–Crippen MR) is 137 cm³/mol. The van der Waals surface area contributed by atoms with E-state index in [1.54, 1.807) is 0 Å². The first-order chi connectivity index (χ1) is 14.7. The van der Waals surface area contributed by atoms with Crippen LogP contribution in [0.15, 0.2) is 82.8 Å². The van der Waals surface area contributed by atoms with Gasteiger partial charge in [-0.15, -0.1) is 0 Å². The average molecular weight is 403 g/mol. The lowest BCUT2D eigenvalue weighted by molar-refractivity contribution is 1.45. The maximum atomic E-state index is 4.50. The first kappa shape index (κ1) is 27.0. The smallest absolute Gasteiger partial charge is 0.0631 e. The molecule has 3 rings (SSSR count). The molecule has 0 spiro atoms. The Labute approximate surface area is 184 Å². The molecule has 0 N–H and O–H groups in total. The molecule has 0 aliphatic heterocycles. The summed E-state index contributed by atoms with van der Waals surface area (Å²) < 4.78 is 0. The normalized spacial score (nSPS) is 9.73. The van der Waals surface area contributed by atoms with Gasteiger partial charge in [0.05, 0.1) is 11.4 Å². The van der Waals surface area contributed by atoms with E-state index in [0.29, 0.717) is 0 Å². The van der Waals surface area contributed by atoms with Crippen molar-refractivity contribution in [3.63, 3.8) is 0 Å². The molecule has 3 aromatic carbocycles. The number of aliphatic imine (C=N–C) groups is 2. The molecule has 0 fully saturated rings. The van der Waals surface area contributed by atoms with Crippen LogP contribution in [0.1, 0.15) is 63.8 Å².